The average Bonchev–Trinajstić information content (AvgIpc) is 4.06. The number of H-pyrrole nitrogens is 2. The van der Waals surface area contributed by atoms with Crippen LogP contribution < -0.4 is 10.6 Å². The fourth-order valence-electron chi connectivity index (χ4n) is 9.07. The molecule has 3 aliphatic rings. The van der Waals surface area contributed by atoms with E-state index in [4.69, 9.17) is 9.72 Å². The Morgan fingerprint density at radius 3 is 2.00 bits per heavy atom. The van der Waals surface area contributed by atoms with Crippen LogP contribution in [0, 0.1) is 11.8 Å². The third-order valence-corrected chi connectivity index (χ3v) is 11.9. The monoisotopic (exact) mass is 760 g/mol. The molecule has 5 aromatic rings. The van der Waals surface area contributed by atoms with Crippen LogP contribution in [-0.2, 0) is 19.1 Å². The summed E-state index contributed by atoms with van der Waals surface area (Å²) in [7, 11) is 2.58. The van der Waals surface area contributed by atoms with Crippen LogP contribution in [0.2, 0.25) is 0 Å². The molecule has 56 heavy (non-hydrogen) atoms. The zero-order valence-corrected chi connectivity index (χ0v) is 32.3. The maximum absolute atomic E-state index is 14.0. The van der Waals surface area contributed by atoms with Gasteiger partial charge in [-0.3, -0.25) is 9.59 Å². The topological polar surface area (TPSA) is 175 Å². The van der Waals surface area contributed by atoms with E-state index in [1.165, 1.54) is 14.2 Å². The van der Waals surface area contributed by atoms with Crippen molar-refractivity contribution >= 4 is 45.5 Å². The Balaban J connectivity index is 1.01. The number of likely N-dealkylation sites (tertiary alicyclic amines) is 2. The van der Waals surface area contributed by atoms with E-state index in [1.54, 1.807) is 11.8 Å². The number of aromatic amines is 2. The number of fused-ring (bicyclic) bond motifs is 5. The molecule has 292 valence electrons. The number of aromatic nitrogens is 4. The van der Waals surface area contributed by atoms with Crippen molar-refractivity contribution in [1.29, 1.82) is 0 Å². The van der Waals surface area contributed by atoms with Crippen LogP contribution in [0.25, 0.3) is 44.1 Å². The second-order valence-corrected chi connectivity index (χ2v) is 15.6. The van der Waals surface area contributed by atoms with Crippen LogP contribution in [0.5, 0.6) is 0 Å². The summed E-state index contributed by atoms with van der Waals surface area (Å²) >= 11 is 0. The highest BCUT2D eigenvalue weighted by atomic mass is 16.5. The standard InChI is InChI=1S/C42H48N8O6/c1-22(2)35(48-42(54)56-5)40(52)50-29-13-10-28(19-29)36(50)38-44-21-33(47-38)27-12-15-31-25(18-27)9-8-24-17-26(11-14-30(24)31)32-20-43-37(46-32)34-7-6-16-49(34)39(51)23(3)45-41(53)55-4/h8-9,11-12,14-15,17-18,20-23,28-29,34-36H,6-7,10,13,16,19H2,1-5H3,(H,43,46)(H,44,47)(H,45,53)(H,48,54)/t23-,28-,29+,34-,35-,36-/m0/s1. The van der Waals surface area contributed by atoms with E-state index in [9.17, 15) is 19.2 Å². The number of hydrogen-bond donors (Lipinski definition) is 4. The first-order valence-corrected chi connectivity index (χ1v) is 19.4. The number of ether oxygens (including phenoxy) is 2. The lowest BCUT2D eigenvalue weighted by Crippen LogP contribution is -2.54. The summed E-state index contributed by atoms with van der Waals surface area (Å²) in [4.78, 5) is 71.2. The molecule has 2 bridgehead atoms. The third kappa shape index (κ3) is 6.70. The summed E-state index contributed by atoms with van der Waals surface area (Å²) in [5.41, 5.74) is 3.73. The quantitative estimate of drug-likeness (QED) is 0.121. The molecular formula is C42H48N8O6. The van der Waals surface area contributed by atoms with Crippen molar-refractivity contribution in [2.24, 2.45) is 11.8 Å². The minimum absolute atomic E-state index is 0.0947. The van der Waals surface area contributed by atoms with E-state index >= 15 is 0 Å². The maximum atomic E-state index is 14.0. The van der Waals surface area contributed by atoms with E-state index in [0.717, 1.165) is 87.8 Å². The number of piperidine rings is 1. The van der Waals surface area contributed by atoms with Gasteiger partial charge in [0, 0.05) is 23.7 Å². The van der Waals surface area contributed by atoms with Crippen molar-refractivity contribution in [3.63, 3.8) is 0 Å². The highest BCUT2D eigenvalue weighted by Gasteiger charge is 2.51. The predicted octanol–water partition coefficient (Wildman–Crippen LogP) is 6.61. The van der Waals surface area contributed by atoms with Gasteiger partial charge in [-0.15, -0.1) is 0 Å². The van der Waals surface area contributed by atoms with Crippen molar-refractivity contribution < 1.29 is 28.7 Å². The Bertz CT molecular complexity index is 2320. The molecule has 1 aliphatic carbocycles. The molecule has 6 atom stereocenters. The average molecular weight is 761 g/mol. The Morgan fingerprint density at radius 1 is 0.768 bits per heavy atom. The van der Waals surface area contributed by atoms with Crippen LogP contribution in [0.4, 0.5) is 9.59 Å². The van der Waals surface area contributed by atoms with Gasteiger partial charge in [0.05, 0.1) is 50.1 Å². The zero-order valence-electron chi connectivity index (χ0n) is 32.3. The number of rotatable bonds is 9. The number of hydrogen-bond acceptors (Lipinski definition) is 8. The maximum Gasteiger partial charge on any atom is 0.407 e. The summed E-state index contributed by atoms with van der Waals surface area (Å²) in [5.74, 6) is 1.43. The fraction of sp³-hybridized carbons (Fsp3) is 0.429. The molecular weight excluding hydrogens is 713 g/mol. The summed E-state index contributed by atoms with van der Waals surface area (Å²) < 4.78 is 9.49. The number of benzene rings is 3. The molecule has 2 aliphatic heterocycles. The van der Waals surface area contributed by atoms with Crippen LogP contribution in [-0.4, -0.2) is 92.6 Å². The lowest BCUT2D eigenvalue weighted by molar-refractivity contribution is -0.139. The molecule has 14 nitrogen and oxygen atoms in total. The number of amides is 4. The molecule has 4 N–H and O–H groups in total. The van der Waals surface area contributed by atoms with Crippen molar-refractivity contribution in [3.05, 3.63) is 72.6 Å². The Labute approximate surface area is 324 Å². The highest BCUT2D eigenvalue weighted by Crippen LogP contribution is 2.50. The van der Waals surface area contributed by atoms with Gasteiger partial charge < -0.3 is 39.9 Å². The third-order valence-electron chi connectivity index (χ3n) is 11.9. The number of alkyl carbamates (subject to hydrolysis) is 2. The predicted molar refractivity (Wildman–Crippen MR) is 210 cm³/mol. The molecule has 0 radical (unpaired) electrons. The van der Waals surface area contributed by atoms with Crippen molar-refractivity contribution in [3.8, 4) is 22.5 Å². The van der Waals surface area contributed by atoms with Gasteiger partial charge in [-0.1, -0.05) is 50.2 Å². The summed E-state index contributed by atoms with van der Waals surface area (Å²) in [5, 5.41) is 9.76. The van der Waals surface area contributed by atoms with Gasteiger partial charge in [-0.25, -0.2) is 19.6 Å². The number of nitrogens with one attached hydrogen (secondary N) is 4. The van der Waals surface area contributed by atoms with Gasteiger partial charge in [-0.2, -0.15) is 0 Å². The van der Waals surface area contributed by atoms with Crippen LogP contribution in [0.3, 0.4) is 0 Å². The van der Waals surface area contributed by atoms with Gasteiger partial charge >= 0.3 is 12.2 Å². The number of methoxy groups -OCH3 is 2. The molecule has 14 heteroatoms. The van der Waals surface area contributed by atoms with Gasteiger partial charge in [-0.05, 0) is 84.5 Å². The van der Waals surface area contributed by atoms with E-state index in [1.807, 2.05) is 31.1 Å². The molecule has 1 saturated carbocycles. The molecule has 0 unspecified atom stereocenters. The molecule has 3 aromatic carbocycles. The van der Waals surface area contributed by atoms with Crippen LogP contribution >= 0.6 is 0 Å². The van der Waals surface area contributed by atoms with Crippen LogP contribution in [0.15, 0.2) is 60.9 Å². The lowest BCUT2D eigenvalue weighted by atomic mass is 9.95. The summed E-state index contributed by atoms with van der Waals surface area (Å²) in [6.45, 7) is 6.11. The van der Waals surface area contributed by atoms with E-state index in [-0.39, 0.29) is 35.9 Å². The molecule has 2 aromatic heterocycles. The smallest absolute Gasteiger partial charge is 0.407 e. The SMILES string of the molecule is COC(=O)N[C@@H](C)C(=O)N1CCC[C@H]1c1ncc(-c2ccc3c(ccc4cc(-c5cnc([C@@H]6[C@H]7CC[C@H](C7)N6C(=O)[C@@H](NC(=O)OC)C(C)C)[nH]5)ccc43)c2)[nH]1. The normalized spacial score (nSPS) is 21.5. The lowest BCUT2D eigenvalue weighted by Gasteiger charge is -2.37. The van der Waals surface area contributed by atoms with Crippen LogP contribution in [0.1, 0.15) is 76.6 Å². The highest BCUT2D eigenvalue weighted by molar-refractivity contribution is 6.09. The van der Waals surface area contributed by atoms with E-state index in [2.05, 4.69) is 78.9 Å². The summed E-state index contributed by atoms with van der Waals surface area (Å²) in [6.07, 6.45) is 6.96. The van der Waals surface area contributed by atoms with Gasteiger partial charge in [0.25, 0.3) is 0 Å². The first kappa shape index (κ1) is 37.0. The van der Waals surface area contributed by atoms with Gasteiger partial charge in [0.2, 0.25) is 11.8 Å². The second-order valence-electron chi connectivity index (χ2n) is 15.6. The molecule has 3 fully saturated rings. The number of carbonyl (C=O) groups is 4. The molecule has 2 saturated heterocycles. The first-order chi connectivity index (χ1) is 27.0. The van der Waals surface area contributed by atoms with E-state index in [0.29, 0.717) is 12.5 Å². The molecule has 0 spiro atoms. The minimum Gasteiger partial charge on any atom is -0.453 e. The van der Waals surface area contributed by atoms with Gasteiger partial charge in [0.1, 0.15) is 23.7 Å². The van der Waals surface area contributed by atoms with Gasteiger partial charge in [0.15, 0.2) is 0 Å². The number of nitrogens with zero attached hydrogens (tertiary/aromatic N) is 4. The molecule has 8 rings (SSSR count). The zero-order chi connectivity index (χ0) is 39.2. The second kappa shape index (κ2) is 15.0. The van der Waals surface area contributed by atoms with Crippen molar-refractivity contribution in [2.45, 2.75) is 83.1 Å². The minimum atomic E-state index is -0.710. The molecule has 4 heterocycles. The Kier molecular flexibility index (Phi) is 9.89. The van der Waals surface area contributed by atoms with Crippen molar-refractivity contribution in [2.75, 3.05) is 20.8 Å². The largest absolute Gasteiger partial charge is 0.453 e. The Hall–Kier alpha value is -5.92. The fourth-order valence-corrected chi connectivity index (χ4v) is 9.07. The first-order valence-electron chi connectivity index (χ1n) is 19.4. The number of carbonyl (C=O) groups excluding carboxylic acids is 4. The summed E-state index contributed by atoms with van der Waals surface area (Å²) in [6, 6.07) is 15.4. The van der Waals surface area contributed by atoms with Crippen molar-refractivity contribution in [1.82, 2.24) is 40.4 Å². The van der Waals surface area contributed by atoms with E-state index < -0.39 is 24.3 Å². The Morgan fingerprint density at radius 2 is 1.38 bits per heavy atom. The number of imidazole rings is 2. The molecule has 4 amide bonds.